The standard InChI is InChI=1S/C22H24FNO5/c1-26-15-19(22(25)27-2)18-6-4-3-5-16(18)14-29-21-8-7-17(13-20(21)23)24-9-11-28-12-10-24/h3-8,13,15H,9-12,14H2,1-2H3/b19-15+. The maximum Gasteiger partial charge on any atom is 0.341 e. The Hall–Kier alpha value is -3.06. The molecular weight excluding hydrogens is 377 g/mol. The number of methoxy groups -OCH3 is 2. The zero-order valence-corrected chi connectivity index (χ0v) is 16.5. The number of hydrogen-bond donors (Lipinski definition) is 0. The van der Waals surface area contributed by atoms with Gasteiger partial charge in [-0.3, -0.25) is 0 Å². The van der Waals surface area contributed by atoms with E-state index in [1.807, 2.05) is 18.2 Å². The molecule has 0 amide bonds. The van der Waals surface area contributed by atoms with E-state index >= 15 is 0 Å². The minimum Gasteiger partial charge on any atom is -0.503 e. The molecule has 29 heavy (non-hydrogen) atoms. The number of rotatable bonds is 7. The first kappa shape index (κ1) is 20.7. The summed E-state index contributed by atoms with van der Waals surface area (Å²) < 4.78 is 35.5. The van der Waals surface area contributed by atoms with Crippen LogP contribution in [-0.2, 0) is 25.6 Å². The van der Waals surface area contributed by atoms with Gasteiger partial charge in [-0.05, 0) is 23.3 Å². The molecule has 154 valence electrons. The van der Waals surface area contributed by atoms with Crippen LogP contribution in [0.5, 0.6) is 5.75 Å². The highest BCUT2D eigenvalue weighted by Crippen LogP contribution is 2.27. The summed E-state index contributed by atoms with van der Waals surface area (Å²) in [5.41, 5.74) is 2.37. The molecule has 1 aliphatic rings. The predicted molar refractivity (Wildman–Crippen MR) is 107 cm³/mol. The smallest absolute Gasteiger partial charge is 0.341 e. The molecule has 0 saturated carbocycles. The summed E-state index contributed by atoms with van der Waals surface area (Å²) in [6.07, 6.45) is 1.32. The molecule has 6 nitrogen and oxygen atoms in total. The van der Waals surface area contributed by atoms with E-state index in [0.717, 1.165) is 18.8 Å². The van der Waals surface area contributed by atoms with Crippen molar-refractivity contribution in [2.75, 3.05) is 45.4 Å². The average molecular weight is 401 g/mol. The van der Waals surface area contributed by atoms with Gasteiger partial charge in [0.1, 0.15) is 12.2 Å². The van der Waals surface area contributed by atoms with E-state index in [1.54, 1.807) is 18.2 Å². The average Bonchev–Trinajstić information content (AvgIpc) is 2.77. The van der Waals surface area contributed by atoms with Crippen LogP contribution in [-0.4, -0.2) is 46.5 Å². The van der Waals surface area contributed by atoms with Gasteiger partial charge in [0, 0.05) is 24.8 Å². The maximum atomic E-state index is 14.6. The SMILES string of the molecule is CO/C=C(/C(=O)OC)c1ccccc1COc1ccc(N2CCOCC2)cc1F. The summed E-state index contributed by atoms with van der Waals surface area (Å²) in [4.78, 5) is 14.2. The molecule has 7 heteroatoms. The zero-order valence-electron chi connectivity index (χ0n) is 16.5. The van der Waals surface area contributed by atoms with Crippen LogP contribution in [0.25, 0.3) is 5.57 Å². The number of esters is 1. The Morgan fingerprint density at radius 2 is 1.93 bits per heavy atom. The molecule has 0 aromatic heterocycles. The van der Waals surface area contributed by atoms with E-state index in [4.69, 9.17) is 18.9 Å². The van der Waals surface area contributed by atoms with Crippen LogP contribution in [0.2, 0.25) is 0 Å². The number of ether oxygens (including phenoxy) is 4. The quantitative estimate of drug-likeness (QED) is 0.403. The van der Waals surface area contributed by atoms with E-state index in [2.05, 4.69) is 4.90 Å². The normalized spacial score (nSPS) is 14.4. The van der Waals surface area contributed by atoms with Crippen LogP contribution in [0, 0.1) is 5.82 Å². The highest BCUT2D eigenvalue weighted by atomic mass is 19.1. The fourth-order valence-electron chi connectivity index (χ4n) is 3.14. The summed E-state index contributed by atoms with van der Waals surface area (Å²) in [5.74, 6) is -0.820. The summed E-state index contributed by atoms with van der Waals surface area (Å²) in [5, 5.41) is 0. The summed E-state index contributed by atoms with van der Waals surface area (Å²) in [6, 6.07) is 12.1. The topological polar surface area (TPSA) is 57.2 Å². The highest BCUT2D eigenvalue weighted by molar-refractivity contribution is 6.16. The van der Waals surface area contributed by atoms with Crippen molar-refractivity contribution in [2.45, 2.75) is 6.61 Å². The monoisotopic (exact) mass is 401 g/mol. The van der Waals surface area contributed by atoms with Crippen LogP contribution >= 0.6 is 0 Å². The highest BCUT2D eigenvalue weighted by Gasteiger charge is 2.18. The Kier molecular flexibility index (Phi) is 7.08. The Morgan fingerprint density at radius 1 is 1.17 bits per heavy atom. The van der Waals surface area contributed by atoms with Gasteiger partial charge < -0.3 is 23.8 Å². The minimum absolute atomic E-state index is 0.0854. The lowest BCUT2D eigenvalue weighted by molar-refractivity contribution is -0.133. The van der Waals surface area contributed by atoms with Crippen molar-refractivity contribution in [3.63, 3.8) is 0 Å². The molecule has 0 spiro atoms. The molecule has 0 unspecified atom stereocenters. The van der Waals surface area contributed by atoms with Gasteiger partial charge in [-0.1, -0.05) is 24.3 Å². The molecule has 2 aromatic rings. The van der Waals surface area contributed by atoms with E-state index in [9.17, 15) is 9.18 Å². The van der Waals surface area contributed by atoms with Crippen LogP contribution in [0.15, 0.2) is 48.7 Å². The number of nitrogens with zero attached hydrogens (tertiary/aromatic N) is 1. The van der Waals surface area contributed by atoms with E-state index in [1.165, 1.54) is 26.5 Å². The second kappa shape index (κ2) is 9.93. The van der Waals surface area contributed by atoms with Crippen LogP contribution < -0.4 is 9.64 Å². The first-order chi connectivity index (χ1) is 14.1. The summed E-state index contributed by atoms with van der Waals surface area (Å²) >= 11 is 0. The van der Waals surface area contributed by atoms with Crippen molar-refractivity contribution in [1.29, 1.82) is 0 Å². The van der Waals surface area contributed by atoms with Crippen molar-refractivity contribution < 1.29 is 28.1 Å². The molecule has 0 aliphatic carbocycles. The van der Waals surface area contributed by atoms with Crippen molar-refractivity contribution in [2.24, 2.45) is 0 Å². The molecular formula is C22H24FNO5. The lowest BCUT2D eigenvalue weighted by Gasteiger charge is -2.29. The first-order valence-electron chi connectivity index (χ1n) is 9.28. The van der Waals surface area contributed by atoms with Gasteiger partial charge in [0.25, 0.3) is 0 Å². The molecule has 1 saturated heterocycles. The lowest BCUT2D eigenvalue weighted by Crippen LogP contribution is -2.36. The third kappa shape index (κ3) is 5.06. The Balaban J connectivity index is 1.76. The molecule has 1 fully saturated rings. The van der Waals surface area contributed by atoms with Crippen LogP contribution in [0.1, 0.15) is 11.1 Å². The van der Waals surface area contributed by atoms with Crippen molar-refractivity contribution in [3.05, 3.63) is 65.7 Å². The Labute approximate surface area is 169 Å². The second-order valence-electron chi connectivity index (χ2n) is 6.42. The number of morpholine rings is 1. The van der Waals surface area contributed by atoms with Gasteiger partial charge in [-0.15, -0.1) is 0 Å². The number of anilines is 1. The van der Waals surface area contributed by atoms with Gasteiger partial charge in [-0.2, -0.15) is 0 Å². The molecule has 2 aromatic carbocycles. The third-order valence-electron chi connectivity index (χ3n) is 4.62. The fourth-order valence-corrected chi connectivity index (χ4v) is 3.14. The van der Waals surface area contributed by atoms with Crippen molar-refractivity contribution >= 4 is 17.2 Å². The molecule has 1 heterocycles. The first-order valence-corrected chi connectivity index (χ1v) is 9.28. The van der Waals surface area contributed by atoms with E-state index < -0.39 is 11.8 Å². The van der Waals surface area contributed by atoms with E-state index in [-0.39, 0.29) is 17.9 Å². The molecule has 0 bridgehead atoms. The predicted octanol–water partition coefficient (Wildman–Crippen LogP) is 3.40. The Bertz CT molecular complexity index is 877. The van der Waals surface area contributed by atoms with E-state index in [0.29, 0.717) is 24.3 Å². The molecule has 1 aliphatic heterocycles. The number of carbonyl (C=O) groups excluding carboxylic acids is 1. The van der Waals surface area contributed by atoms with Crippen LogP contribution in [0.4, 0.5) is 10.1 Å². The van der Waals surface area contributed by atoms with Gasteiger partial charge in [0.05, 0.1) is 33.7 Å². The van der Waals surface area contributed by atoms with Gasteiger partial charge >= 0.3 is 5.97 Å². The number of hydrogen-bond acceptors (Lipinski definition) is 6. The lowest BCUT2D eigenvalue weighted by atomic mass is 10.0. The van der Waals surface area contributed by atoms with Crippen molar-refractivity contribution in [1.82, 2.24) is 0 Å². The van der Waals surface area contributed by atoms with Gasteiger partial charge in [0.15, 0.2) is 11.6 Å². The summed E-state index contributed by atoms with van der Waals surface area (Å²) in [6.45, 7) is 2.81. The summed E-state index contributed by atoms with van der Waals surface area (Å²) in [7, 11) is 2.75. The third-order valence-corrected chi connectivity index (χ3v) is 4.62. The van der Waals surface area contributed by atoms with Gasteiger partial charge in [-0.25, -0.2) is 9.18 Å². The minimum atomic E-state index is -0.527. The maximum absolute atomic E-state index is 14.6. The molecule has 3 rings (SSSR count). The number of benzene rings is 2. The molecule has 0 radical (unpaired) electrons. The van der Waals surface area contributed by atoms with Crippen LogP contribution in [0.3, 0.4) is 0 Å². The molecule has 0 N–H and O–H groups in total. The Morgan fingerprint density at radius 3 is 2.62 bits per heavy atom. The zero-order chi connectivity index (χ0) is 20.6. The molecule has 0 atom stereocenters. The number of halogens is 1. The van der Waals surface area contributed by atoms with Crippen molar-refractivity contribution in [3.8, 4) is 5.75 Å². The number of carbonyl (C=O) groups is 1. The largest absolute Gasteiger partial charge is 0.503 e. The fraction of sp³-hybridized carbons (Fsp3) is 0.318. The van der Waals surface area contributed by atoms with Gasteiger partial charge in [0.2, 0.25) is 0 Å². The second-order valence-corrected chi connectivity index (χ2v) is 6.42.